The van der Waals surface area contributed by atoms with Crippen molar-refractivity contribution in [2.45, 2.75) is 26.9 Å². The average molecular weight is 324 g/mol. The number of hydrogen-bond acceptors (Lipinski definition) is 2. The predicted octanol–water partition coefficient (Wildman–Crippen LogP) is 5.49. The molecular formula is C17H19Cl2NO. The van der Waals surface area contributed by atoms with Crippen LogP contribution in [0, 0.1) is 13.8 Å². The summed E-state index contributed by atoms with van der Waals surface area (Å²) in [4.78, 5) is 0. The fraction of sp³-hybridized carbons (Fsp3) is 0.294. The summed E-state index contributed by atoms with van der Waals surface area (Å²) in [5.41, 5.74) is 3.14. The van der Waals surface area contributed by atoms with E-state index in [4.69, 9.17) is 27.9 Å². The number of anilines is 1. The molecule has 0 amide bonds. The first-order valence-corrected chi connectivity index (χ1v) is 7.64. The van der Waals surface area contributed by atoms with Crippen LogP contribution in [0.4, 0.5) is 5.69 Å². The van der Waals surface area contributed by atoms with Crippen molar-refractivity contribution in [3.63, 3.8) is 0 Å². The molecule has 112 valence electrons. The van der Waals surface area contributed by atoms with Gasteiger partial charge in [0.2, 0.25) is 0 Å². The standard InChI is InChI=1S/C17H19Cl2NO/c1-11-4-5-12(2)17(8-11)21-13(3)10-20-16-9-14(18)6-7-15(16)19/h4-9,13,20H,10H2,1-3H3/t13-/m0/s1. The second-order valence-electron chi connectivity index (χ2n) is 5.20. The number of nitrogens with one attached hydrogen (secondary N) is 1. The van der Waals surface area contributed by atoms with E-state index < -0.39 is 0 Å². The van der Waals surface area contributed by atoms with E-state index in [1.54, 1.807) is 12.1 Å². The molecule has 4 heteroatoms. The van der Waals surface area contributed by atoms with Gasteiger partial charge in [-0.15, -0.1) is 0 Å². The summed E-state index contributed by atoms with van der Waals surface area (Å²) in [6, 6.07) is 11.6. The van der Waals surface area contributed by atoms with Gasteiger partial charge >= 0.3 is 0 Å². The van der Waals surface area contributed by atoms with E-state index in [1.165, 1.54) is 5.56 Å². The normalized spacial score (nSPS) is 12.0. The van der Waals surface area contributed by atoms with Gasteiger partial charge in [0.25, 0.3) is 0 Å². The highest BCUT2D eigenvalue weighted by atomic mass is 35.5. The second kappa shape index (κ2) is 7.06. The van der Waals surface area contributed by atoms with E-state index in [-0.39, 0.29) is 6.10 Å². The first kappa shape index (κ1) is 16.0. The molecule has 0 saturated heterocycles. The van der Waals surface area contributed by atoms with Crippen molar-refractivity contribution < 1.29 is 4.74 Å². The number of aryl methyl sites for hydroxylation is 2. The van der Waals surface area contributed by atoms with Crippen molar-refractivity contribution >= 4 is 28.9 Å². The molecule has 0 radical (unpaired) electrons. The molecule has 1 atom stereocenters. The Labute approximate surface area is 136 Å². The summed E-state index contributed by atoms with van der Waals surface area (Å²) in [7, 11) is 0. The highest BCUT2D eigenvalue weighted by Gasteiger charge is 2.08. The number of ether oxygens (including phenoxy) is 1. The predicted molar refractivity (Wildman–Crippen MR) is 91.0 cm³/mol. The van der Waals surface area contributed by atoms with E-state index in [0.717, 1.165) is 17.0 Å². The Kier molecular flexibility index (Phi) is 5.38. The third-order valence-corrected chi connectivity index (χ3v) is 3.74. The summed E-state index contributed by atoms with van der Waals surface area (Å²) in [5.74, 6) is 0.918. The fourth-order valence-corrected chi connectivity index (χ4v) is 2.34. The highest BCUT2D eigenvalue weighted by Crippen LogP contribution is 2.26. The molecule has 2 nitrogen and oxygen atoms in total. The van der Waals surface area contributed by atoms with Gasteiger partial charge in [-0.1, -0.05) is 35.3 Å². The van der Waals surface area contributed by atoms with Crippen LogP contribution in [0.2, 0.25) is 10.0 Å². The molecule has 0 bridgehead atoms. The lowest BCUT2D eigenvalue weighted by Gasteiger charge is -2.18. The van der Waals surface area contributed by atoms with Gasteiger partial charge in [0.1, 0.15) is 11.9 Å². The molecule has 0 aliphatic carbocycles. The van der Waals surface area contributed by atoms with Crippen LogP contribution in [0.3, 0.4) is 0 Å². The van der Waals surface area contributed by atoms with Crippen molar-refractivity contribution in [2.24, 2.45) is 0 Å². The number of benzene rings is 2. The summed E-state index contributed by atoms with van der Waals surface area (Å²) in [5, 5.41) is 4.58. The van der Waals surface area contributed by atoms with Crippen molar-refractivity contribution in [1.82, 2.24) is 0 Å². The van der Waals surface area contributed by atoms with Crippen molar-refractivity contribution in [3.8, 4) is 5.75 Å². The van der Waals surface area contributed by atoms with Gasteiger partial charge in [-0.3, -0.25) is 0 Å². The molecule has 1 N–H and O–H groups in total. The lowest BCUT2D eigenvalue weighted by atomic mass is 10.1. The largest absolute Gasteiger partial charge is 0.489 e. The van der Waals surface area contributed by atoms with E-state index in [0.29, 0.717) is 16.6 Å². The van der Waals surface area contributed by atoms with Crippen molar-refractivity contribution in [1.29, 1.82) is 0 Å². The van der Waals surface area contributed by atoms with E-state index in [1.807, 2.05) is 19.9 Å². The van der Waals surface area contributed by atoms with Gasteiger partial charge in [0, 0.05) is 5.02 Å². The lowest BCUT2D eigenvalue weighted by Crippen LogP contribution is -2.23. The summed E-state index contributed by atoms with van der Waals surface area (Å²) < 4.78 is 5.98. The Morgan fingerprint density at radius 1 is 1.10 bits per heavy atom. The minimum Gasteiger partial charge on any atom is -0.489 e. The van der Waals surface area contributed by atoms with Crippen LogP contribution >= 0.6 is 23.2 Å². The molecule has 0 spiro atoms. The van der Waals surface area contributed by atoms with Gasteiger partial charge in [0.15, 0.2) is 0 Å². The first-order chi connectivity index (χ1) is 9.95. The second-order valence-corrected chi connectivity index (χ2v) is 6.05. The number of halogens is 2. The van der Waals surface area contributed by atoms with Gasteiger partial charge in [-0.25, -0.2) is 0 Å². The molecule has 0 aromatic heterocycles. The van der Waals surface area contributed by atoms with Crippen LogP contribution in [-0.4, -0.2) is 12.6 Å². The topological polar surface area (TPSA) is 21.3 Å². The van der Waals surface area contributed by atoms with Gasteiger partial charge in [-0.2, -0.15) is 0 Å². The smallest absolute Gasteiger partial charge is 0.122 e. The highest BCUT2D eigenvalue weighted by molar-refractivity contribution is 6.35. The Morgan fingerprint density at radius 3 is 2.62 bits per heavy atom. The summed E-state index contributed by atoms with van der Waals surface area (Å²) in [6.45, 7) is 6.77. The van der Waals surface area contributed by atoms with E-state index in [2.05, 4.69) is 30.4 Å². The molecule has 2 aromatic carbocycles. The van der Waals surface area contributed by atoms with Gasteiger partial charge in [-0.05, 0) is 56.2 Å². The van der Waals surface area contributed by atoms with Crippen LogP contribution in [0.25, 0.3) is 0 Å². The zero-order valence-corrected chi connectivity index (χ0v) is 13.9. The maximum atomic E-state index is 6.12. The van der Waals surface area contributed by atoms with Crippen LogP contribution in [0.5, 0.6) is 5.75 Å². The molecule has 0 unspecified atom stereocenters. The van der Waals surface area contributed by atoms with Gasteiger partial charge in [0.05, 0.1) is 17.3 Å². The Morgan fingerprint density at radius 2 is 1.86 bits per heavy atom. The quantitative estimate of drug-likeness (QED) is 0.785. The summed E-state index contributed by atoms with van der Waals surface area (Å²) in [6.07, 6.45) is 0.0144. The van der Waals surface area contributed by atoms with Gasteiger partial charge < -0.3 is 10.1 Å². The lowest BCUT2D eigenvalue weighted by molar-refractivity contribution is 0.233. The Bertz CT molecular complexity index is 628. The number of hydrogen-bond donors (Lipinski definition) is 1. The van der Waals surface area contributed by atoms with Crippen LogP contribution in [0.15, 0.2) is 36.4 Å². The minimum absolute atomic E-state index is 0.0144. The van der Waals surface area contributed by atoms with Crippen molar-refractivity contribution in [3.05, 3.63) is 57.6 Å². The minimum atomic E-state index is 0.0144. The molecule has 0 fully saturated rings. The monoisotopic (exact) mass is 323 g/mol. The van der Waals surface area contributed by atoms with E-state index >= 15 is 0 Å². The summed E-state index contributed by atoms with van der Waals surface area (Å²) >= 11 is 12.1. The number of rotatable bonds is 5. The van der Waals surface area contributed by atoms with Crippen LogP contribution in [0.1, 0.15) is 18.1 Å². The van der Waals surface area contributed by atoms with Crippen molar-refractivity contribution in [2.75, 3.05) is 11.9 Å². The zero-order chi connectivity index (χ0) is 15.4. The Hall–Kier alpha value is -1.38. The third kappa shape index (κ3) is 4.55. The Balaban J connectivity index is 1.97. The molecule has 2 aromatic rings. The maximum Gasteiger partial charge on any atom is 0.122 e. The molecule has 0 saturated carbocycles. The van der Waals surface area contributed by atoms with Crippen LogP contribution in [-0.2, 0) is 0 Å². The molecular weight excluding hydrogens is 305 g/mol. The maximum absolute atomic E-state index is 6.12. The average Bonchev–Trinajstić information content (AvgIpc) is 2.44. The van der Waals surface area contributed by atoms with Crippen LogP contribution < -0.4 is 10.1 Å². The molecule has 0 aliphatic rings. The van der Waals surface area contributed by atoms with E-state index in [9.17, 15) is 0 Å². The molecule has 0 aliphatic heterocycles. The molecule has 0 heterocycles. The SMILES string of the molecule is Cc1ccc(C)c(O[C@@H](C)CNc2cc(Cl)ccc2Cl)c1. The fourth-order valence-electron chi connectivity index (χ4n) is 1.98. The molecule has 2 rings (SSSR count). The third-order valence-electron chi connectivity index (χ3n) is 3.18. The zero-order valence-electron chi connectivity index (χ0n) is 12.4. The first-order valence-electron chi connectivity index (χ1n) is 6.88. The molecule has 21 heavy (non-hydrogen) atoms.